The van der Waals surface area contributed by atoms with Crippen molar-refractivity contribution < 1.29 is 24.9 Å². The van der Waals surface area contributed by atoms with Crippen molar-refractivity contribution >= 4 is 5.97 Å². The quantitative estimate of drug-likeness (QED) is 0.104. The number of ether oxygens (including phenoxy) is 1. The largest absolute Gasteiger partial charge is 0.481 e. The van der Waals surface area contributed by atoms with Gasteiger partial charge in [-0.2, -0.15) is 0 Å². The summed E-state index contributed by atoms with van der Waals surface area (Å²) in [4.78, 5) is 10.5. The fourth-order valence-corrected chi connectivity index (χ4v) is 4.59. The van der Waals surface area contributed by atoms with Crippen LogP contribution in [-0.2, 0) is 9.53 Å². The molecule has 204 valence electrons. The summed E-state index contributed by atoms with van der Waals surface area (Å²) in [6, 6.07) is 0. The fraction of sp³-hybridized carbons (Fsp3) is 0.966. The van der Waals surface area contributed by atoms with Crippen LogP contribution in [0.4, 0.5) is 0 Å². The minimum absolute atomic E-state index is 0.172. The molecule has 34 heavy (non-hydrogen) atoms. The van der Waals surface area contributed by atoms with Crippen molar-refractivity contribution in [2.75, 3.05) is 13.2 Å². The second-order valence-electron chi connectivity index (χ2n) is 10.4. The highest BCUT2D eigenvalue weighted by Crippen LogP contribution is 2.19. The number of rotatable bonds is 27. The lowest BCUT2D eigenvalue weighted by molar-refractivity contribution is -0.137. The molecule has 0 heterocycles. The minimum atomic E-state index is -0.770. The van der Waals surface area contributed by atoms with Gasteiger partial charge in [0.25, 0.3) is 0 Å². The number of aliphatic carboxylic acids is 1. The van der Waals surface area contributed by atoms with Gasteiger partial charge in [0.2, 0.25) is 0 Å². The van der Waals surface area contributed by atoms with Gasteiger partial charge in [-0.1, -0.05) is 123 Å². The molecule has 0 amide bonds. The number of hydrogen-bond acceptors (Lipinski definition) is 4. The van der Waals surface area contributed by atoms with Crippen molar-refractivity contribution in [2.45, 2.75) is 161 Å². The summed E-state index contributed by atoms with van der Waals surface area (Å²) in [7, 11) is 0. The van der Waals surface area contributed by atoms with Crippen LogP contribution in [0.15, 0.2) is 0 Å². The van der Waals surface area contributed by atoms with Gasteiger partial charge in [0, 0.05) is 13.0 Å². The molecule has 0 bridgehead atoms. The van der Waals surface area contributed by atoms with Gasteiger partial charge in [-0.25, -0.2) is 0 Å². The first kappa shape index (κ1) is 33.4. The van der Waals surface area contributed by atoms with Crippen LogP contribution in [0.25, 0.3) is 0 Å². The maximum Gasteiger partial charge on any atom is 0.303 e. The summed E-state index contributed by atoms with van der Waals surface area (Å²) in [5.41, 5.74) is 0. The molecule has 5 heteroatoms. The maximum absolute atomic E-state index is 10.5. The first-order valence-electron chi connectivity index (χ1n) is 14.6. The highest BCUT2D eigenvalue weighted by atomic mass is 16.5. The summed E-state index contributed by atoms with van der Waals surface area (Å²) in [6.45, 7) is 4.99. The molecule has 0 aliphatic rings. The van der Waals surface area contributed by atoms with Gasteiger partial charge in [-0.15, -0.1) is 0 Å². The number of unbranched alkanes of at least 4 members (excludes halogenated alkanes) is 14. The zero-order valence-electron chi connectivity index (χ0n) is 22.7. The Labute approximate surface area is 211 Å². The highest BCUT2D eigenvalue weighted by Gasteiger charge is 2.18. The van der Waals surface area contributed by atoms with E-state index >= 15 is 0 Å². The van der Waals surface area contributed by atoms with E-state index in [0.29, 0.717) is 19.4 Å². The monoisotopic (exact) mass is 486 g/mol. The molecule has 0 fully saturated rings. The van der Waals surface area contributed by atoms with E-state index in [-0.39, 0.29) is 13.0 Å². The van der Waals surface area contributed by atoms with Crippen LogP contribution in [0.5, 0.6) is 0 Å². The molecule has 0 radical (unpaired) electrons. The van der Waals surface area contributed by atoms with E-state index in [1.54, 1.807) is 0 Å². The highest BCUT2D eigenvalue weighted by molar-refractivity contribution is 5.66. The van der Waals surface area contributed by atoms with Crippen LogP contribution < -0.4 is 0 Å². The number of carbonyl (C=O) groups is 1. The Morgan fingerprint density at radius 3 is 1.68 bits per heavy atom. The van der Waals surface area contributed by atoms with E-state index in [4.69, 9.17) is 9.84 Å². The standard InChI is InChI=1S/C29H58O5/c1-3-4-5-15-20-26(2)21-16-12-10-8-6-7-9-11-13-17-22-27(31)28(25-30)34-24-19-14-18-23-29(32)33/h26-28,30-31H,3-25H2,1-2H3,(H,32,33)/t26?,27?,28-/m0/s1. The number of hydrogen-bond donors (Lipinski definition) is 3. The lowest BCUT2D eigenvalue weighted by Gasteiger charge is -2.21. The molecule has 0 aliphatic heterocycles. The average molecular weight is 487 g/mol. The van der Waals surface area contributed by atoms with Crippen LogP contribution in [0.1, 0.15) is 149 Å². The van der Waals surface area contributed by atoms with E-state index in [0.717, 1.165) is 31.6 Å². The zero-order valence-corrected chi connectivity index (χ0v) is 22.7. The van der Waals surface area contributed by atoms with Crippen LogP contribution in [0.2, 0.25) is 0 Å². The van der Waals surface area contributed by atoms with Gasteiger partial charge in [0.15, 0.2) is 0 Å². The molecule has 0 aromatic rings. The topological polar surface area (TPSA) is 87.0 Å². The first-order valence-corrected chi connectivity index (χ1v) is 14.6. The Morgan fingerprint density at radius 2 is 1.18 bits per heavy atom. The average Bonchev–Trinajstić information content (AvgIpc) is 2.81. The summed E-state index contributed by atoms with van der Waals surface area (Å²) >= 11 is 0. The van der Waals surface area contributed by atoms with E-state index in [9.17, 15) is 15.0 Å². The van der Waals surface area contributed by atoms with Crippen molar-refractivity contribution in [3.63, 3.8) is 0 Å². The Bertz CT molecular complexity index is 429. The summed E-state index contributed by atoms with van der Waals surface area (Å²) in [5, 5.41) is 28.4. The van der Waals surface area contributed by atoms with Gasteiger partial charge in [-0.3, -0.25) is 4.79 Å². The number of aliphatic hydroxyl groups excluding tert-OH is 2. The molecular weight excluding hydrogens is 428 g/mol. The fourth-order valence-electron chi connectivity index (χ4n) is 4.59. The summed E-state index contributed by atoms with van der Waals surface area (Å²) in [5.74, 6) is 0.137. The molecule has 0 aromatic heterocycles. The molecule has 0 spiro atoms. The van der Waals surface area contributed by atoms with E-state index in [1.807, 2.05) is 0 Å². The van der Waals surface area contributed by atoms with Gasteiger partial charge in [0.05, 0.1) is 12.7 Å². The van der Waals surface area contributed by atoms with E-state index in [1.165, 1.54) is 89.9 Å². The smallest absolute Gasteiger partial charge is 0.303 e. The lowest BCUT2D eigenvalue weighted by atomic mass is 9.96. The van der Waals surface area contributed by atoms with Crippen molar-refractivity contribution in [2.24, 2.45) is 5.92 Å². The predicted molar refractivity (Wildman–Crippen MR) is 142 cm³/mol. The van der Waals surface area contributed by atoms with Gasteiger partial charge in [-0.05, 0) is 25.2 Å². The molecule has 0 saturated carbocycles. The van der Waals surface area contributed by atoms with E-state index in [2.05, 4.69) is 13.8 Å². The number of aliphatic hydroxyl groups is 2. The molecule has 0 saturated heterocycles. The lowest BCUT2D eigenvalue weighted by Crippen LogP contribution is -2.32. The first-order chi connectivity index (χ1) is 16.5. The number of carboxylic acids is 1. The second kappa shape index (κ2) is 25.4. The maximum atomic E-state index is 10.5. The predicted octanol–water partition coefficient (Wildman–Crippen LogP) is 7.66. The van der Waals surface area contributed by atoms with Gasteiger partial charge < -0.3 is 20.1 Å². The molecule has 0 aromatic carbocycles. The third-order valence-electron chi connectivity index (χ3n) is 6.97. The van der Waals surface area contributed by atoms with Crippen LogP contribution >= 0.6 is 0 Å². The third-order valence-corrected chi connectivity index (χ3v) is 6.97. The molecule has 2 unspecified atom stereocenters. The normalized spacial score (nSPS) is 14.2. The van der Waals surface area contributed by atoms with Gasteiger partial charge >= 0.3 is 5.97 Å². The van der Waals surface area contributed by atoms with Crippen molar-refractivity contribution in [3.8, 4) is 0 Å². The van der Waals surface area contributed by atoms with Crippen LogP contribution in [0.3, 0.4) is 0 Å². The van der Waals surface area contributed by atoms with Gasteiger partial charge in [0.1, 0.15) is 6.10 Å². The Morgan fingerprint density at radius 1 is 0.706 bits per heavy atom. The zero-order chi connectivity index (χ0) is 25.3. The van der Waals surface area contributed by atoms with Crippen LogP contribution in [-0.4, -0.2) is 46.7 Å². The second-order valence-corrected chi connectivity index (χ2v) is 10.4. The van der Waals surface area contributed by atoms with Crippen molar-refractivity contribution in [3.05, 3.63) is 0 Å². The molecule has 3 atom stereocenters. The van der Waals surface area contributed by atoms with Crippen molar-refractivity contribution in [1.82, 2.24) is 0 Å². The van der Waals surface area contributed by atoms with E-state index < -0.39 is 18.2 Å². The number of carboxylic acid groups (broad SMARTS) is 1. The molecule has 0 aliphatic carbocycles. The molecule has 5 nitrogen and oxygen atoms in total. The SMILES string of the molecule is CCCCCCC(C)CCCCCCCCCCCCC(O)[C@H](CO)OCCCCCC(=O)O. The summed E-state index contributed by atoms with van der Waals surface area (Å²) in [6.07, 6.45) is 23.1. The van der Waals surface area contributed by atoms with Crippen LogP contribution in [0, 0.1) is 5.92 Å². The Kier molecular flexibility index (Phi) is 25.0. The molecular formula is C29H58O5. The summed E-state index contributed by atoms with van der Waals surface area (Å²) < 4.78 is 5.60. The molecule has 3 N–H and O–H groups in total. The van der Waals surface area contributed by atoms with Crippen molar-refractivity contribution in [1.29, 1.82) is 0 Å². The third kappa shape index (κ3) is 23.1. The molecule has 0 rings (SSSR count). The Balaban J connectivity index is 3.44. The Hall–Kier alpha value is -0.650. The minimum Gasteiger partial charge on any atom is -0.481 e.